The van der Waals surface area contributed by atoms with E-state index in [1.165, 1.54) is 42.5 Å². The number of rotatable bonds is 4. The van der Waals surface area contributed by atoms with Crippen LogP contribution in [0.4, 0.5) is 26.3 Å². The minimum atomic E-state index is -4.96. The number of pyridine rings is 1. The molecule has 4 nitrogen and oxygen atoms in total. The summed E-state index contributed by atoms with van der Waals surface area (Å²) in [5.41, 5.74) is -0.254. The zero-order valence-corrected chi connectivity index (χ0v) is 14.8. The van der Waals surface area contributed by atoms with Crippen LogP contribution in [0, 0.1) is 11.3 Å². The Hall–Kier alpha value is -3.74. The van der Waals surface area contributed by atoms with Gasteiger partial charge in [-0.15, -0.1) is 26.3 Å². The van der Waals surface area contributed by atoms with Crippen LogP contribution in [0.3, 0.4) is 0 Å². The van der Waals surface area contributed by atoms with Gasteiger partial charge in [-0.2, -0.15) is 5.26 Å². The lowest BCUT2D eigenvalue weighted by Gasteiger charge is -2.15. The quantitative estimate of drug-likeness (QED) is 0.476. The number of alkyl halides is 6. The van der Waals surface area contributed by atoms with E-state index in [1.54, 1.807) is 6.07 Å². The van der Waals surface area contributed by atoms with E-state index in [1.807, 2.05) is 0 Å². The maximum atomic E-state index is 12.7. The summed E-state index contributed by atoms with van der Waals surface area (Å²) in [6.07, 6.45) is -8.76. The number of ether oxygens (including phenoxy) is 2. The number of hydrogen-bond acceptors (Lipinski definition) is 4. The molecule has 0 unspecified atom stereocenters. The molecule has 0 N–H and O–H groups in total. The van der Waals surface area contributed by atoms with Gasteiger partial charge in [0, 0.05) is 22.9 Å². The van der Waals surface area contributed by atoms with Gasteiger partial charge in [0.15, 0.2) is 0 Å². The second kappa shape index (κ2) is 7.94. The molecule has 30 heavy (non-hydrogen) atoms. The first-order valence-electron chi connectivity index (χ1n) is 8.18. The van der Waals surface area contributed by atoms with E-state index in [9.17, 15) is 31.6 Å². The fraction of sp³-hybridized carbons (Fsp3) is 0.100. The van der Waals surface area contributed by atoms with E-state index in [0.717, 1.165) is 18.3 Å². The molecule has 0 spiro atoms. The molecule has 2 aromatic carbocycles. The number of halogens is 6. The number of nitriles is 1. The van der Waals surface area contributed by atoms with Crippen LogP contribution in [0.2, 0.25) is 0 Å². The molecule has 0 saturated carbocycles. The summed E-state index contributed by atoms with van der Waals surface area (Å²) in [5, 5.41) is 9.47. The fourth-order valence-corrected chi connectivity index (χ4v) is 2.71. The summed E-state index contributed by atoms with van der Waals surface area (Å²) >= 11 is 0. The fourth-order valence-electron chi connectivity index (χ4n) is 2.71. The van der Waals surface area contributed by atoms with Crippen molar-refractivity contribution in [1.82, 2.24) is 4.98 Å². The Labute approximate surface area is 165 Å². The first kappa shape index (κ1) is 21.0. The molecule has 1 heterocycles. The van der Waals surface area contributed by atoms with Gasteiger partial charge in [0.1, 0.15) is 17.6 Å². The van der Waals surface area contributed by atoms with Crippen molar-refractivity contribution in [2.75, 3.05) is 0 Å². The lowest BCUT2D eigenvalue weighted by atomic mass is 10.0. The first-order valence-corrected chi connectivity index (χ1v) is 8.18. The van der Waals surface area contributed by atoms with Gasteiger partial charge in [0.2, 0.25) is 0 Å². The van der Waals surface area contributed by atoms with Gasteiger partial charge >= 0.3 is 12.7 Å². The van der Waals surface area contributed by atoms with Crippen LogP contribution in [-0.4, -0.2) is 17.7 Å². The van der Waals surface area contributed by atoms with E-state index in [0.29, 0.717) is 0 Å². The molecule has 0 atom stereocenters. The van der Waals surface area contributed by atoms with Crippen LogP contribution in [0.1, 0.15) is 5.56 Å². The molecule has 0 bridgehead atoms. The number of benzene rings is 2. The van der Waals surface area contributed by atoms with Crippen LogP contribution in [-0.2, 0) is 0 Å². The van der Waals surface area contributed by atoms with Gasteiger partial charge in [-0.1, -0.05) is 30.3 Å². The molecule has 0 aliphatic rings. The van der Waals surface area contributed by atoms with Crippen LogP contribution in [0.5, 0.6) is 11.5 Å². The minimum absolute atomic E-state index is 0.00482. The SMILES string of the molecule is N#Cc1cc(-c2ccccc2OC(F)(F)F)cnc1-c1ccccc1OC(F)(F)F. The van der Waals surface area contributed by atoms with Crippen molar-refractivity contribution in [3.63, 3.8) is 0 Å². The van der Waals surface area contributed by atoms with Gasteiger partial charge < -0.3 is 9.47 Å². The second-order valence-corrected chi connectivity index (χ2v) is 5.82. The normalized spacial score (nSPS) is 11.6. The maximum Gasteiger partial charge on any atom is 0.573 e. The number of nitrogens with zero attached hydrogens (tertiary/aromatic N) is 2. The highest BCUT2D eigenvalue weighted by atomic mass is 19.4. The van der Waals surface area contributed by atoms with E-state index >= 15 is 0 Å². The Bertz CT molecular complexity index is 1100. The number of hydrogen-bond donors (Lipinski definition) is 0. The van der Waals surface area contributed by atoms with Crippen LogP contribution in [0.25, 0.3) is 22.4 Å². The molecule has 0 radical (unpaired) electrons. The molecule has 0 saturated heterocycles. The Morgan fingerprint density at radius 2 is 1.27 bits per heavy atom. The highest BCUT2D eigenvalue weighted by molar-refractivity contribution is 5.77. The van der Waals surface area contributed by atoms with Crippen molar-refractivity contribution in [3.05, 3.63) is 66.4 Å². The van der Waals surface area contributed by atoms with Crippen LogP contribution < -0.4 is 9.47 Å². The van der Waals surface area contributed by atoms with Gasteiger partial charge in [0.25, 0.3) is 0 Å². The summed E-state index contributed by atoms with van der Waals surface area (Å²) < 4.78 is 83.9. The molecule has 0 aliphatic carbocycles. The third-order valence-electron chi connectivity index (χ3n) is 3.80. The Kier molecular flexibility index (Phi) is 5.56. The standard InChI is InChI=1S/C20H10F6N2O2/c21-19(22,23)29-16-7-3-1-5-14(16)13-9-12(10-27)18(28-11-13)15-6-2-4-8-17(15)30-20(24,25)26/h1-9,11H. The van der Waals surface area contributed by atoms with Crippen LogP contribution in [0.15, 0.2) is 60.8 Å². The average Bonchev–Trinajstić information content (AvgIpc) is 2.66. The average molecular weight is 424 g/mol. The molecule has 0 aliphatic heterocycles. The maximum absolute atomic E-state index is 12.7. The summed E-state index contributed by atoms with van der Waals surface area (Å²) in [5.74, 6) is -1.08. The van der Waals surface area contributed by atoms with Crippen molar-refractivity contribution in [3.8, 4) is 40.0 Å². The van der Waals surface area contributed by atoms with E-state index in [2.05, 4.69) is 14.5 Å². The number of aromatic nitrogens is 1. The monoisotopic (exact) mass is 424 g/mol. The lowest BCUT2D eigenvalue weighted by Crippen LogP contribution is -2.18. The smallest absolute Gasteiger partial charge is 0.405 e. The summed E-state index contributed by atoms with van der Waals surface area (Å²) in [6, 6.07) is 13.3. The molecular formula is C20H10F6N2O2. The molecule has 1 aromatic heterocycles. The highest BCUT2D eigenvalue weighted by Crippen LogP contribution is 2.38. The predicted octanol–water partition coefficient (Wildman–Crippen LogP) is 6.08. The summed E-state index contributed by atoms with van der Waals surface area (Å²) in [4.78, 5) is 4.02. The number of para-hydroxylation sites is 2. The molecule has 0 fully saturated rings. The molecule has 3 aromatic rings. The van der Waals surface area contributed by atoms with Crippen molar-refractivity contribution in [1.29, 1.82) is 5.26 Å². The first-order chi connectivity index (χ1) is 14.1. The minimum Gasteiger partial charge on any atom is -0.405 e. The van der Waals surface area contributed by atoms with Crippen LogP contribution >= 0.6 is 0 Å². The molecule has 3 rings (SSSR count). The Morgan fingerprint density at radius 1 is 0.767 bits per heavy atom. The van der Waals surface area contributed by atoms with Crippen molar-refractivity contribution in [2.24, 2.45) is 0 Å². The molecule has 10 heteroatoms. The van der Waals surface area contributed by atoms with Gasteiger partial charge in [-0.3, -0.25) is 4.98 Å². The molecular weight excluding hydrogens is 414 g/mol. The summed E-state index contributed by atoms with van der Waals surface area (Å²) in [7, 11) is 0. The van der Waals surface area contributed by atoms with Gasteiger partial charge in [-0.05, 0) is 24.3 Å². The third kappa shape index (κ3) is 5.00. The van der Waals surface area contributed by atoms with E-state index in [4.69, 9.17) is 0 Å². The van der Waals surface area contributed by atoms with Crippen molar-refractivity contribution < 1.29 is 35.8 Å². The van der Waals surface area contributed by atoms with Gasteiger partial charge in [0.05, 0.1) is 11.3 Å². The van der Waals surface area contributed by atoms with Crippen molar-refractivity contribution >= 4 is 0 Å². The highest BCUT2D eigenvalue weighted by Gasteiger charge is 2.33. The zero-order chi connectivity index (χ0) is 21.9. The van der Waals surface area contributed by atoms with Crippen molar-refractivity contribution in [2.45, 2.75) is 12.7 Å². The zero-order valence-electron chi connectivity index (χ0n) is 14.8. The lowest BCUT2D eigenvalue weighted by molar-refractivity contribution is -0.275. The Balaban J connectivity index is 2.09. The van der Waals surface area contributed by atoms with E-state index in [-0.39, 0.29) is 27.9 Å². The molecule has 154 valence electrons. The Morgan fingerprint density at radius 3 is 1.80 bits per heavy atom. The summed E-state index contributed by atoms with van der Waals surface area (Å²) in [6.45, 7) is 0. The second-order valence-electron chi connectivity index (χ2n) is 5.82. The van der Waals surface area contributed by atoms with E-state index < -0.39 is 24.2 Å². The third-order valence-corrected chi connectivity index (χ3v) is 3.80. The van der Waals surface area contributed by atoms with Gasteiger partial charge in [-0.25, -0.2) is 0 Å². The molecule has 0 amide bonds. The predicted molar refractivity (Wildman–Crippen MR) is 93.2 cm³/mol. The largest absolute Gasteiger partial charge is 0.573 e. The topological polar surface area (TPSA) is 55.1 Å².